The van der Waals surface area contributed by atoms with Gasteiger partial charge in [0.1, 0.15) is 12.9 Å². The number of aromatic amines is 1. The molecule has 0 fully saturated rings. The summed E-state index contributed by atoms with van der Waals surface area (Å²) in [5.41, 5.74) is 3.38. The molecule has 3 aromatic rings. The summed E-state index contributed by atoms with van der Waals surface area (Å²) in [4.78, 5) is 3.10. The van der Waals surface area contributed by atoms with Crippen molar-refractivity contribution in [2.24, 2.45) is 0 Å². The van der Waals surface area contributed by atoms with Gasteiger partial charge in [-0.05, 0) is 24.4 Å². The molecular weight excluding hydrogens is 224 g/mol. The molecular formula is C12H11B2N3O. The smallest absolute Gasteiger partial charge is 0.159 e. The van der Waals surface area contributed by atoms with Gasteiger partial charge < -0.3 is 10.1 Å². The fourth-order valence-corrected chi connectivity index (χ4v) is 2.09. The highest BCUT2D eigenvalue weighted by Crippen LogP contribution is 2.27. The Morgan fingerprint density at radius 1 is 1.22 bits per heavy atom. The van der Waals surface area contributed by atoms with Gasteiger partial charge in [0.15, 0.2) is 5.65 Å². The Hall–Kier alpha value is -2.23. The van der Waals surface area contributed by atoms with Gasteiger partial charge in [0.2, 0.25) is 0 Å². The fraction of sp³-hybridized carbons (Fsp3) is 0. The number of hydrogen-bond donors (Lipinski definition) is 2. The van der Waals surface area contributed by atoms with Crippen molar-refractivity contribution in [2.45, 2.75) is 0 Å². The number of phenolic OH excluding ortho intramolecular Hbond substituents is 1. The summed E-state index contributed by atoms with van der Waals surface area (Å²) in [5, 5.41) is 19.2. The van der Waals surface area contributed by atoms with Crippen LogP contribution in [0.3, 0.4) is 0 Å². The van der Waals surface area contributed by atoms with E-state index in [4.69, 9.17) is 0 Å². The number of fused-ring (bicyclic) bond motifs is 1. The van der Waals surface area contributed by atoms with E-state index in [2.05, 4.69) is 22.9 Å². The number of aromatic hydroxyl groups is 1. The number of benzene rings is 1. The van der Waals surface area contributed by atoms with Crippen LogP contribution >= 0.6 is 0 Å². The second-order valence-corrected chi connectivity index (χ2v) is 4.18. The Bertz CT molecular complexity index is 711. The maximum Gasteiger partial charge on any atom is 0.159 e. The Labute approximate surface area is 106 Å². The predicted octanol–water partition coefficient (Wildman–Crippen LogP) is -0.0596. The first-order valence-electron chi connectivity index (χ1n) is 5.91. The predicted molar refractivity (Wildman–Crippen MR) is 76.3 cm³/mol. The van der Waals surface area contributed by atoms with E-state index in [0.717, 1.165) is 18.2 Å². The zero-order chi connectivity index (χ0) is 12.5. The Kier molecular flexibility index (Phi) is 2.55. The van der Waals surface area contributed by atoms with E-state index in [-0.39, 0.29) is 5.75 Å². The monoisotopic (exact) mass is 235 g/mol. The molecule has 0 saturated carbocycles. The zero-order valence-electron chi connectivity index (χ0n) is 10.0. The molecule has 0 aliphatic carbocycles. The highest BCUT2D eigenvalue weighted by atomic mass is 16.3. The minimum absolute atomic E-state index is 0.222. The molecule has 3 rings (SSSR count). The van der Waals surface area contributed by atoms with Crippen molar-refractivity contribution in [2.75, 3.05) is 0 Å². The molecule has 0 amide bonds. The third-order valence-electron chi connectivity index (χ3n) is 3.08. The maximum atomic E-state index is 9.84. The van der Waals surface area contributed by atoms with E-state index >= 15 is 0 Å². The average Bonchev–Trinajstić information content (AvgIpc) is 2.81. The highest BCUT2D eigenvalue weighted by Gasteiger charge is 2.09. The van der Waals surface area contributed by atoms with E-state index < -0.39 is 0 Å². The van der Waals surface area contributed by atoms with E-state index in [1.165, 1.54) is 5.46 Å². The minimum atomic E-state index is 0.222. The summed E-state index contributed by atoms with van der Waals surface area (Å²) in [6, 6.07) is 9.12. The number of aromatic nitrogens is 3. The van der Waals surface area contributed by atoms with E-state index in [0.29, 0.717) is 11.3 Å². The van der Waals surface area contributed by atoms with Gasteiger partial charge in [-0.15, -0.1) is 10.2 Å². The number of para-hydroxylation sites is 1. The number of phenols is 1. The van der Waals surface area contributed by atoms with Crippen LogP contribution in [-0.4, -0.2) is 35.2 Å². The molecule has 4 nitrogen and oxygen atoms in total. The maximum absolute atomic E-state index is 9.84. The number of nitrogens with zero attached hydrogens (tertiary/aromatic N) is 2. The fourth-order valence-electron chi connectivity index (χ4n) is 2.09. The summed E-state index contributed by atoms with van der Waals surface area (Å²) in [5.74, 6) is 0.222. The molecule has 0 aliphatic rings. The SMILES string of the molecule is BBc1c[nH]c2nnc(-c3ccccc3O)cc12. The molecule has 0 aliphatic heterocycles. The van der Waals surface area contributed by atoms with Crippen molar-refractivity contribution in [3.63, 3.8) is 0 Å². The molecule has 2 aromatic heterocycles. The summed E-state index contributed by atoms with van der Waals surface area (Å²) in [7, 11) is 3.04. The van der Waals surface area contributed by atoms with Gasteiger partial charge in [-0.25, -0.2) is 0 Å². The summed E-state index contributed by atoms with van der Waals surface area (Å²) in [6.07, 6.45) is 1.95. The molecule has 1 aromatic carbocycles. The Balaban J connectivity index is 2.21. The molecule has 18 heavy (non-hydrogen) atoms. The molecule has 2 heterocycles. The second kappa shape index (κ2) is 4.22. The largest absolute Gasteiger partial charge is 0.507 e. The van der Waals surface area contributed by atoms with Gasteiger partial charge in [-0.1, -0.05) is 17.6 Å². The van der Waals surface area contributed by atoms with E-state index in [9.17, 15) is 5.11 Å². The first-order chi connectivity index (χ1) is 8.79. The van der Waals surface area contributed by atoms with Gasteiger partial charge in [0.05, 0.1) is 13.4 Å². The van der Waals surface area contributed by atoms with E-state index in [1.807, 2.05) is 24.4 Å². The van der Waals surface area contributed by atoms with Gasteiger partial charge >= 0.3 is 0 Å². The number of nitrogens with one attached hydrogen (secondary N) is 1. The zero-order valence-corrected chi connectivity index (χ0v) is 10.0. The van der Waals surface area contributed by atoms with Crippen LogP contribution in [0.25, 0.3) is 22.3 Å². The van der Waals surface area contributed by atoms with Gasteiger partial charge in [0.25, 0.3) is 0 Å². The van der Waals surface area contributed by atoms with Crippen LogP contribution in [-0.2, 0) is 0 Å². The first kappa shape index (κ1) is 10.9. The lowest BCUT2D eigenvalue weighted by molar-refractivity contribution is 0.477. The van der Waals surface area contributed by atoms with Crippen LogP contribution in [0, 0.1) is 0 Å². The van der Waals surface area contributed by atoms with Crippen LogP contribution in [0.15, 0.2) is 36.5 Å². The quantitative estimate of drug-likeness (QED) is 0.611. The summed E-state index contributed by atoms with van der Waals surface area (Å²) >= 11 is 0. The normalized spacial score (nSPS) is 10.7. The van der Waals surface area contributed by atoms with Crippen molar-refractivity contribution in [3.05, 3.63) is 36.5 Å². The molecule has 0 radical (unpaired) electrons. The lowest BCUT2D eigenvalue weighted by atomic mass is 9.51. The summed E-state index contributed by atoms with van der Waals surface area (Å²) < 4.78 is 0. The van der Waals surface area contributed by atoms with Crippen molar-refractivity contribution in [3.8, 4) is 17.0 Å². The van der Waals surface area contributed by atoms with Gasteiger partial charge in [-0.2, -0.15) is 0 Å². The summed E-state index contributed by atoms with van der Waals surface area (Å²) in [6.45, 7) is 0. The average molecular weight is 235 g/mol. The Morgan fingerprint density at radius 3 is 2.83 bits per heavy atom. The lowest BCUT2D eigenvalue weighted by Crippen LogP contribution is -2.12. The molecule has 0 spiro atoms. The highest BCUT2D eigenvalue weighted by molar-refractivity contribution is 6.98. The standard InChI is InChI=1S/C12H11B2N3O/c13-14-9-6-15-12-8(9)5-10(16-17-12)7-3-1-2-4-11(7)18/h1-6,14,18H,13H2,(H,15,17). The van der Waals surface area contributed by atoms with E-state index in [1.54, 1.807) is 12.1 Å². The number of H-pyrrole nitrogens is 1. The van der Waals surface area contributed by atoms with Crippen molar-refractivity contribution >= 4 is 31.4 Å². The molecule has 0 saturated heterocycles. The van der Waals surface area contributed by atoms with Gasteiger partial charge in [0, 0.05) is 10.9 Å². The van der Waals surface area contributed by atoms with Crippen molar-refractivity contribution in [1.82, 2.24) is 15.2 Å². The number of rotatable bonds is 2. The van der Waals surface area contributed by atoms with Crippen molar-refractivity contribution < 1.29 is 5.11 Å². The number of hydrogen-bond acceptors (Lipinski definition) is 3. The third-order valence-corrected chi connectivity index (χ3v) is 3.08. The molecule has 0 atom stereocenters. The molecule has 0 bridgehead atoms. The molecule has 0 unspecified atom stereocenters. The van der Waals surface area contributed by atoms with Crippen LogP contribution in [0.1, 0.15) is 0 Å². The first-order valence-corrected chi connectivity index (χ1v) is 5.91. The minimum Gasteiger partial charge on any atom is -0.507 e. The van der Waals surface area contributed by atoms with Crippen molar-refractivity contribution in [1.29, 1.82) is 0 Å². The second-order valence-electron chi connectivity index (χ2n) is 4.18. The van der Waals surface area contributed by atoms with Gasteiger partial charge in [-0.3, -0.25) is 0 Å². The lowest BCUT2D eigenvalue weighted by Gasteiger charge is -2.03. The third kappa shape index (κ3) is 1.66. The van der Waals surface area contributed by atoms with Crippen LogP contribution < -0.4 is 5.46 Å². The Morgan fingerprint density at radius 2 is 2.06 bits per heavy atom. The van der Waals surface area contributed by atoms with Crippen LogP contribution in [0.5, 0.6) is 5.75 Å². The molecule has 86 valence electrons. The topological polar surface area (TPSA) is 61.8 Å². The molecule has 2 N–H and O–H groups in total. The van der Waals surface area contributed by atoms with Crippen LogP contribution in [0.2, 0.25) is 0 Å². The molecule has 6 heteroatoms. The van der Waals surface area contributed by atoms with Crippen LogP contribution in [0.4, 0.5) is 0 Å².